The van der Waals surface area contributed by atoms with Crippen LogP contribution in [0.25, 0.3) is 10.9 Å². The number of piperidine rings is 1. The first kappa shape index (κ1) is 27.2. The lowest BCUT2D eigenvalue weighted by Gasteiger charge is -2.41. The normalized spacial score (nSPS) is 15.5. The number of likely N-dealkylation sites (tertiary alicyclic amines) is 1. The first-order valence-corrected chi connectivity index (χ1v) is 14.0. The number of thioether (sulfide) groups is 1. The molecule has 7 nitrogen and oxygen atoms in total. The van der Waals surface area contributed by atoms with E-state index in [-0.39, 0.29) is 11.8 Å². The number of aromatic nitrogens is 2. The number of hydrogen-bond donors (Lipinski definition) is 1. The standard InChI is InChI=1S/C29H38N4O3S/c1-32(2)26-21-31-25-10-9-22(36-3)19-24(25)23(26)7-6-11-29(20-28(34)35)12-15-33(16-13-29)17-18-37-27-8-4-5-14-30-27/h4-5,8-10,14,19,21H,6-7,11-13,15-18,20H2,1-3H3,(H,34,35). The number of pyridine rings is 2. The maximum atomic E-state index is 11.9. The lowest BCUT2D eigenvalue weighted by molar-refractivity contribution is -0.140. The Morgan fingerprint density at radius 2 is 2.00 bits per heavy atom. The van der Waals surface area contributed by atoms with E-state index in [2.05, 4.69) is 25.8 Å². The maximum absolute atomic E-state index is 11.9. The van der Waals surface area contributed by atoms with Crippen LogP contribution >= 0.6 is 11.8 Å². The molecule has 1 fully saturated rings. The van der Waals surface area contributed by atoms with Gasteiger partial charge in [0, 0.05) is 38.0 Å². The molecule has 0 atom stereocenters. The third-order valence-corrected chi connectivity index (χ3v) is 8.44. The number of hydrogen-bond acceptors (Lipinski definition) is 7. The third-order valence-electron chi connectivity index (χ3n) is 7.52. The fourth-order valence-electron chi connectivity index (χ4n) is 5.43. The van der Waals surface area contributed by atoms with Gasteiger partial charge in [0.15, 0.2) is 0 Å². The van der Waals surface area contributed by atoms with Crippen molar-refractivity contribution in [2.24, 2.45) is 5.41 Å². The van der Waals surface area contributed by atoms with Gasteiger partial charge in [0.2, 0.25) is 0 Å². The minimum atomic E-state index is -0.688. The van der Waals surface area contributed by atoms with Crippen molar-refractivity contribution in [1.82, 2.24) is 14.9 Å². The van der Waals surface area contributed by atoms with Crippen LogP contribution in [-0.2, 0) is 11.2 Å². The number of anilines is 1. The van der Waals surface area contributed by atoms with Gasteiger partial charge in [-0.1, -0.05) is 6.07 Å². The summed E-state index contributed by atoms with van der Waals surface area (Å²) in [6.07, 6.45) is 8.61. The minimum Gasteiger partial charge on any atom is -0.497 e. The van der Waals surface area contributed by atoms with Crippen LogP contribution in [-0.4, -0.2) is 72.5 Å². The first-order valence-electron chi connectivity index (χ1n) is 13.0. The summed E-state index contributed by atoms with van der Waals surface area (Å²) >= 11 is 1.78. The van der Waals surface area contributed by atoms with Gasteiger partial charge in [-0.05, 0) is 86.5 Å². The summed E-state index contributed by atoms with van der Waals surface area (Å²) in [5, 5.41) is 11.9. The number of carboxylic acid groups (broad SMARTS) is 1. The molecule has 3 aromatic rings. The number of carbonyl (C=O) groups is 1. The molecule has 0 radical (unpaired) electrons. The number of nitrogens with zero attached hydrogens (tertiary/aromatic N) is 4. The van der Waals surface area contributed by atoms with Gasteiger partial charge in [0.05, 0.1) is 36.0 Å². The molecule has 0 aliphatic carbocycles. The van der Waals surface area contributed by atoms with E-state index in [0.717, 1.165) is 84.9 Å². The predicted molar refractivity (Wildman–Crippen MR) is 151 cm³/mol. The number of carboxylic acids is 1. The SMILES string of the molecule is COc1ccc2ncc(N(C)C)c(CCCC3(CC(=O)O)CCN(CCSc4ccccn4)CC3)c2c1. The van der Waals surface area contributed by atoms with Crippen molar-refractivity contribution in [2.75, 3.05) is 51.5 Å². The average molecular weight is 523 g/mol. The van der Waals surface area contributed by atoms with E-state index in [9.17, 15) is 9.90 Å². The monoisotopic (exact) mass is 522 g/mol. The van der Waals surface area contributed by atoms with Crippen LogP contribution in [0.3, 0.4) is 0 Å². The highest BCUT2D eigenvalue weighted by atomic mass is 32.2. The summed E-state index contributed by atoms with van der Waals surface area (Å²) in [6, 6.07) is 12.0. The van der Waals surface area contributed by atoms with Crippen molar-refractivity contribution < 1.29 is 14.6 Å². The molecule has 37 heavy (non-hydrogen) atoms. The molecule has 2 aromatic heterocycles. The van der Waals surface area contributed by atoms with Gasteiger partial charge >= 0.3 is 5.97 Å². The van der Waals surface area contributed by atoms with E-state index >= 15 is 0 Å². The van der Waals surface area contributed by atoms with E-state index in [0.29, 0.717) is 0 Å². The van der Waals surface area contributed by atoms with Gasteiger partial charge in [0.1, 0.15) is 5.75 Å². The quantitative estimate of drug-likeness (QED) is 0.318. The predicted octanol–water partition coefficient (Wildman–Crippen LogP) is 5.38. The van der Waals surface area contributed by atoms with Crippen LogP contribution in [0.5, 0.6) is 5.75 Å². The van der Waals surface area contributed by atoms with Crippen molar-refractivity contribution in [3.63, 3.8) is 0 Å². The smallest absolute Gasteiger partial charge is 0.303 e. The van der Waals surface area contributed by atoms with Crippen LogP contribution in [0, 0.1) is 5.41 Å². The summed E-state index contributed by atoms with van der Waals surface area (Å²) in [6.45, 7) is 2.91. The van der Waals surface area contributed by atoms with E-state index in [1.165, 1.54) is 5.56 Å². The van der Waals surface area contributed by atoms with Gasteiger partial charge in [-0.3, -0.25) is 9.78 Å². The Labute approximate surface area is 224 Å². The Morgan fingerprint density at radius 1 is 1.19 bits per heavy atom. The second-order valence-corrected chi connectivity index (χ2v) is 11.3. The van der Waals surface area contributed by atoms with Crippen LogP contribution < -0.4 is 9.64 Å². The second-order valence-electron chi connectivity index (χ2n) is 10.2. The lowest BCUT2D eigenvalue weighted by atomic mass is 9.72. The number of rotatable bonds is 12. The van der Waals surface area contributed by atoms with E-state index in [1.54, 1.807) is 18.9 Å². The van der Waals surface area contributed by atoms with Gasteiger partial charge in [-0.15, -0.1) is 11.8 Å². The van der Waals surface area contributed by atoms with Gasteiger partial charge in [-0.25, -0.2) is 4.98 Å². The lowest BCUT2D eigenvalue weighted by Crippen LogP contribution is -2.42. The third kappa shape index (κ3) is 7.14. The number of ether oxygens (including phenoxy) is 1. The van der Waals surface area contributed by atoms with Crippen molar-refractivity contribution in [3.8, 4) is 5.75 Å². The van der Waals surface area contributed by atoms with E-state index < -0.39 is 5.97 Å². The number of methoxy groups -OCH3 is 1. The largest absolute Gasteiger partial charge is 0.497 e. The number of benzene rings is 1. The van der Waals surface area contributed by atoms with E-state index in [4.69, 9.17) is 4.74 Å². The molecular formula is C29H38N4O3S. The van der Waals surface area contributed by atoms with Crippen LogP contribution in [0.1, 0.15) is 37.7 Å². The Kier molecular flexibility index (Phi) is 9.27. The van der Waals surface area contributed by atoms with Gasteiger partial charge in [-0.2, -0.15) is 0 Å². The zero-order valence-electron chi connectivity index (χ0n) is 22.2. The fourth-order valence-corrected chi connectivity index (χ4v) is 6.30. The highest BCUT2D eigenvalue weighted by molar-refractivity contribution is 7.99. The van der Waals surface area contributed by atoms with Crippen molar-refractivity contribution in [3.05, 3.63) is 54.4 Å². The second kappa shape index (κ2) is 12.6. The van der Waals surface area contributed by atoms with Gasteiger partial charge in [0.25, 0.3) is 0 Å². The summed E-state index contributed by atoms with van der Waals surface area (Å²) < 4.78 is 5.48. The van der Waals surface area contributed by atoms with Crippen LogP contribution in [0.2, 0.25) is 0 Å². The molecule has 0 spiro atoms. The molecule has 198 valence electrons. The van der Waals surface area contributed by atoms with Crippen LogP contribution in [0.15, 0.2) is 53.8 Å². The van der Waals surface area contributed by atoms with Gasteiger partial charge < -0.3 is 19.6 Å². The summed E-state index contributed by atoms with van der Waals surface area (Å²) in [4.78, 5) is 25.5. The number of aryl methyl sites for hydroxylation is 1. The Bertz CT molecular complexity index is 1180. The zero-order valence-corrected chi connectivity index (χ0v) is 23.0. The summed E-state index contributed by atoms with van der Waals surface area (Å²) in [5.41, 5.74) is 3.17. The zero-order chi connectivity index (χ0) is 26.3. The summed E-state index contributed by atoms with van der Waals surface area (Å²) in [7, 11) is 5.77. The number of fused-ring (bicyclic) bond motifs is 1. The molecule has 4 rings (SSSR count). The summed E-state index contributed by atoms with van der Waals surface area (Å²) in [5.74, 6) is 1.13. The van der Waals surface area contributed by atoms with Crippen molar-refractivity contribution in [1.29, 1.82) is 0 Å². The molecule has 1 saturated heterocycles. The average Bonchev–Trinajstić information content (AvgIpc) is 2.89. The molecule has 1 aliphatic heterocycles. The maximum Gasteiger partial charge on any atom is 0.303 e. The fraction of sp³-hybridized carbons (Fsp3) is 0.483. The molecule has 1 aromatic carbocycles. The van der Waals surface area contributed by atoms with Crippen LogP contribution in [0.4, 0.5) is 5.69 Å². The highest BCUT2D eigenvalue weighted by Gasteiger charge is 2.36. The van der Waals surface area contributed by atoms with Crippen molar-refractivity contribution in [2.45, 2.75) is 43.6 Å². The van der Waals surface area contributed by atoms with Crippen molar-refractivity contribution >= 4 is 34.3 Å². The Balaban J connectivity index is 1.40. The molecule has 0 bridgehead atoms. The molecule has 0 saturated carbocycles. The van der Waals surface area contributed by atoms with E-state index in [1.807, 2.05) is 56.8 Å². The molecule has 0 amide bonds. The number of aliphatic carboxylic acids is 1. The highest BCUT2D eigenvalue weighted by Crippen LogP contribution is 2.41. The molecule has 0 unspecified atom stereocenters. The minimum absolute atomic E-state index is 0.144. The molecule has 1 N–H and O–H groups in total. The molecule has 8 heteroatoms. The molecular weight excluding hydrogens is 484 g/mol. The topological polar surface area (TPSA) is 78.8 Å². The first-order chi connectivity index (χ1) is 17.9. The molecule has 1 aliphatic rings. The molecule has 3 heterocycles. The Hall–Kier alpha value is -2.84. The Morgan fingerprint density at radius 3 is 2.68 bits per heavy atom.